The molecule has 0 aliphatic carbocycles. The second kappa shape index (κ2) is 8.01. The molecule has 0 bridgehead atoms. The fourth-order valence-electron chi connectivity index (χ4n) is 2.09. The molecule has 1 amide bonds. The second-order valence-electron chi connectivity index (χ2n) is 5.06. The van der Waals surface area contributed by atoms with Crippen molar-refractivity contribution in [1.29, 1.82) is 0 Å². The summed E-state index contributed by atoms with van der Waals surface area (Å²) in [4.78, 5) is 23.5. The molecule has 2 aromatic carbocycles. The van der Waals surface area contributed by atoms with E-state index in [2.05, 4.69) is 10.1 Å². The van der Waals surface area contributed by atoms with Crippen molar-refractivity contribution in [2.75, 3.05) is 26.1 Å². The highest BCUT2D eigenvalue weighted by Crippen LogP contribution is 2.25. The maximum Gasteiger partial charge on any atom is 0.337 e. The number of nitrogens with one attached hydrogen (secondary N) is 1. The molecule has 6 heteroatoms. The van der Waals surface area contributed by atoms with Crippen LogP contribution in [0, 0.1) is 6.92 Å². The van der Waals surface area contributed by atoms with Crippen LogP contribution in [-0.4, -0.2) is 32.7 Å². The molecule has 2 rings (SSSR count). The molecule has 0 aromatic heterocycles. The lowest BCUT2D eigenvalue weighted by Gasteiger charge is -2.12. The lowest BCUT2D eigenvalue weighted by Crippen LogP contribution is -2.20. The van der Waals surface area contributed by atoms with Crippen LogP contribution < -0.4 is 14.8 Å². The molecule has 2 aromatic rings. The van der Waals surface area contributed by atoms with E-state index < -0.39 is 5.97 Å². The molecule has 24 heavy (non-hydrogen) atoms. The van der Waals surface area contributed by atoms with E-state index in [1.807, 2.05) is 19.1 Å². The summed E-state index contributed by atoms with van der Waals surface area (Å²) in [6, 6.07) is 11.9. The number of hydrogen-bond acceptors (Lipinski definition) is 5. The third kappa shape index (κ3) is 4.49. The van der Waals surface area contributed by atoms with Crippen LogP contribution in [0.15, 0.2) is 42.5 Å². The van der Waals surface area contributed by atoms with Gasteiger partial charge < -0.3 is 19.5 Å². The van der Waals surface area contributed by atoms with Crippen LogP contribution in [0.2, 0.25) is 0 Å². The van der Waals surface area contributed by atoms with Gasteiger partial charge in [0.25, 0.3) is 5.91 Å². The molecule has 126 valence electrons. The molecular formula is C18H19NO5. The molecule has 0 fully saturated rings. The number of hydrogen-bond donors (Lipinski definition) is 1. The molecule has 0 spiro atoms. The quantitative estimate of drug-likeness (QED) is 0.825. The van der Waals surface area contributed by atoms with Crippen LogP contribution in [0.3, 0.4) is 0 Å². The third-order valence-corrected chi connectivity index (χ3v) is 3.25. The monoisotopic (exact) mass is 329 g/mol. The molecule has 0 saturated heterocycles. The highest BCUT2D eigenvalue weighted by molar-refractivity contribution is 5.93. The van der Waals surface area contributed by atoms with Gasteiger partial charge in [-0.25, -0.2) is 4.79 Å². The maximum absolute atomic E-state index is 12.1. The number of esters is 1. The number of aryl methyl sites for hydroxylation is 1. The Kier molecular flexibility index (Phi) is 5.78. The zero-order valence-electron chi connectivity index (χ0n) is 13.8. The van der Waals surface area contributed by atoms with E-state index in [1.165, 1.54) is 20.3 Å². The maximum atomic E-state index is 12.1. The first kappa shape index (κ1) is 17.3. The standard InChI is InChI=1S/C18H19NO5/c1-12-7-8-16(22-2)15(9-12)19-17(20)11-24-14-6-4-5-13(10-14)18(21)23-3/h4-10H,11H2,1-3H3,(H,19,20). The number of benzene rings is 2. The normalized spacial score (nSPS) is 9.96. The fourth-order valence-corrected chi connectivity index (χ4v) is 2.09. The zero-order chi connectivity index (χ0) is 17.5. The van der Waals surface area contributed by atoms with Crippen LogP contribution in [0.25, 0.3) is 0 Å². The van der Waals surface area contributed by atoms with E-state index in [1.54, 1.807) is 24.3 Å². The van der Waals surface area contributed by atoms with Crippen molar-refractivity contribution in [1.82, 2.24) is 0 Å². The van der Waals surface area contributed by atoms with Gasteiger partial charge in [-0.1, -0.05) is 12.1 Å². The zero-order valence-corrected chi connectivity index (χ0v) is 13.8. The number of carbonyl (C=O) groups is 2. The van der Waals surface area contributed by atoms with Crippen molar-refractivity contribution in [2.24, 2.45) is 0 Å². The number of methoxy groups -OCH3 is 2. The average Bonchev–Trinajstić information content (AvgIpc) is 2.59. The molecule has 0 heterocycles. The minimum Gasteiger partial charge on any atom is -0.495 e. The molecule has 0 aliphatic rings. The van der Waals surface area contributed by atoms with Gasteiger partial charge in [-0.3, -0.25) is 4.79 Å². The van der Waals surface area contributed by atoms with Crippen LogP contribution in [0.4, 0.5) is 5.69 Å². The summed E-state index contributed by atoms with van der Waals surface area (Å²) < 4.78 is 15.3. The molecular weight excluding hydrogens is 310 g/mol. The highest BCUT2D eigenvalue weighted by Gasteiger charge is 2.10. The van der Waals surface area contributed by atoms with E-state index in [0.29, 0.717) is 22.7 Å². The van der Waals surface area contributed by atoms with E-state index in [-0.39, 0.29) is 12.5 Å². The Balaban J connectivity index is 1.99. The summed E-state index contributed by atoms with van der Waals surface area (Å²) in [7, 11) is 2.84. The highest BCUT2D eigenvalue weighted by atomic mass is 16.5. The fraction of sp³-hybridized carbons (Fsp3) is 0.222. The van der Waals surface area contributed by atoms with Gasteiger partial charge in [0.1, 0.15) is 11.5 Å². The van der Waals surface area contributed by atoms with Gasteiger partial charge in [-0.05, 0) is 42.8 Å². The Morgan fingerprint density at radius 3 is 2.58 bits per heavy atom. The molecule has 0 atom stereocenters. The van der Waals surface area contributed by atoms with Crippen molar-refractivity contribution in [2.45, 2.75) is 6.92 Å². The average molecular weight is 329 g/mol. The first-order valence-electron chi connectivity index (χ1n) is 7.29. The van der Waals surface area contributed by atoms with Crippen LogP contribution >= 0.6 is 0 Å². The number of rotatable bonds is 6. The van der Waals surface area contributed by atoms with Crippen LogP contribution in [-0.2, 0) is 9.53 Å². The van der Waals surface area contributed by atoms with Gasteiger partial charge >= 0.3 is 5.97 Å². The van der Waals surface area contributed by atoms with Crippen molar-refractivity contribution in [3.05, 3.63) is 53.6 Å². The predicted molar refractivity (Wildman–Crippen MR) is 89.6 cm³/mol. The predicted octanol–water partition coefficient (Wildman–Crippen LogP) is 2.81. The minimum atomic E-state index is -0.464. The second-order valence-corrected chi connectivity index (χ2v) is 5.06. The van der Waals surface area contributed by atoms with E-state index >= 15 is 0 Å². The van der Waals surface area contributed by atoms with Crippen LogP contribution in [0.5, 0.6) is 11.5 Å². The Labute approximate surface area is 140 Å². The van der Waals surface area contributed by atoms with Gasteiger partial charge in [-0.2, -0.15) is 0 Å². The lowest BCUT2D eigenvalue weighted by atomic mass is 10.2. The molecule has 0 saturated carbocycles. The number of amides is 1. The summed E-state index contributed by atoms with van der Waals surface area (Å²) >= 11 is 0. The van der Waals surface area contributed by atoms with Gasteiger partial charge in [0.05, 0.1) is 25.5 Å². The Hall–Kier alpha value is -3.02. The Bertz CT molecular complexity index is 742. The van der Waals surface area contributed by atoms with Gasteiger partial charge in [0, 0.05) is 0 Å². The summed E-state index contributed by atoms with van der Waals surface area (Å²) in [5.74, 6) is 0.183. The molecule has 6 nitrogen and oxygen atoms in total. The van der Waals surface area contributed by atoms with E-state index in [0.717, 1.165) is 5.56 Å². The first-order chi connectivity index (χ1) is 11.5. The Morgan fingerprint density at radius 2 is 1.88 bits per heavy atom. The van der Waals surface area contributed by atoms with Gasteiger partial charge in [0.15, 0.2) is 6.61 Å². The summed E-state index contributed by atoms with van der Waals surface area (Å²) in [5.41, 5.74) is 1.93. The van der Waals surface area contributed by atoms with Crippen molar-refractivity contribution in [3.8, 4) is 11.5 Å². The van der Waals surface area contributed by atoms with Gasteiger partial charge in [-0.15, -0.1) is 0 Å². The third-order valence-electron chi connectivity index (χ3n) is 3.25. The lowest BCUT2D eigenvalue weighted by molar-refractivity contribution is -0.118. The Morgan fingerprint density at radius 1 is 1.08 bits per heavy atom. The largest absolute Gasteiger partial charge is 0.495 e. The summed E-state index contributed by atoms with van der Waals surface area (Å²) in [5, 5.41) is 2.74. The summed E-state index contributed by atoms with van der Waals surface area (Å²) in [6.07, 6.45) is 0. The van der Waals surface area contributed by atoms with Crippen molar-refractivity contribution in [3.63, 3.8) is 0 Å². The number of anilines is 1. The smallest absolute Gasteiger partial charge is 0.337 e. The van der Waals surface area contributed by atoms with E-state index in [9.17, 15) is 9.59 Å². The minimum absolute atomic E-state index is 0.193. The number of ether oxygens (including phenoxy) is 3. The SMILES string of the molecule is COC(=O)c1cccc(OCC(=O)Nc2cc(C)ccc2OC)c1. The summed E-state index contributed by atoms with van der Waals surface area (Å²) in [6.45, 7) is 1.73. The van der Waals surface area contributed by atoms with E-state index in [4.69, 9.17) is 9.47 Å². The molecule has 1 N–H and O–H groups in total. The van der Waals surface area contributed by atoms with Crippen molar-refractivity contribution >= 4 is 17.6 Å². The molecule has 0 aliphatic heterocycles. The molecule has 0 radical (unpaired) electrons. The van der Waals surface area contributed by atoms with Gasteiger partial charge in [0.2, 0.25) is 0 Å². The topological polar surface area (TPSA) is 73.9 Å². The van der Waals surface area contributed by atoms with Crippen LogP contribution in [0.1, 0.15) is 15.9 Å². The number of carbonyl (C=O) groups excluding carboxylic acids is 2. The molecule has 0 unspecified atom stereocenters. The first-order valence-corrected chi connectivity index (χ1v) is 7.29. The van der Waals surface area contributed by atoms with Crippen molar-refractivity contribution < 1.29 is 23.8 Å².